The molecule has 0 saturated heterocycles. The molecule has 0 fully saturated rings. The van der Waals surface area contributed by atoms with Crippen LogP contribution in [0.25, 0.3) is 10.9 Å². The number of guanidine groups is 1. The number of fused-ring (bicyclic) bond motifs is 1. The molecule has 0 radical (unpaired) electrons. The summed E-state index contributed by atoms with van der Waals surface area (Å²) in [5, 5.41) is 10.2. The van der Waals surface area contributed by atoms with Crippen LogP contribution >= 0.6 is 0 Å². The van der Waals surface area contributed by atoms with Crippen molar-refractivity contribution in [1.82, 2.24) is 9.97 Å². The van der Waals surface area contributed by atoms with Gasteiger partial charge in [0.15, 0.2) is 0 Å². The lowest BCUT2D eigenvalue weighted by atomic mass is 10.0. The van der Waals surface area contributed by atoms with E-state index in [0.29, 0.717) is 22.5 Å². The molecule has 0 aliphatic carbocycles. The smallest absolute Gasteiger partial charge is 0.336 e. The normalized spacial score (nSPS) is 12.2. The molecule has 1 aromatic heterocycles. The number of carbonyl (C=O) groups is 1. The van der Waals surface area contributed by atoms with Gasteiger partial charge >= 0.3 is 5.97 Å². The van der Waals surface area contributed by atoms with E-state index in [9.17, 15) is 9.90 Å². The summed E-state index contributed by atoms with van der Waals surface area (Å²) >= 11 is 0. The fraction of sp³-hybridized carbons (Fsp3) is 0.150. The first-order chi connectivity index (χ1) is 13.4. The van der Waals surface area contributed by atoms with Crippen LogP contribution in [0.4, 0.5) is 5.95 Å². The highest BCUT2D eigenvalue weighted by Gasteiger charge is 2.12. The molecule has 3 aromatic rings. The Morgan fingerprint density at radius 1 is 1.14 bits per heavy atom. The van der Waals surface area contributed by atoms with Crippen LogP contribution < -0.4 is 10.5 Å². The number of nitrogens with zero attached hydrogens (tertiary/aromatic N) is 4. The molecule has 3 N–H and O–H groups in total. The summed E-state index contributed by atoms with van der Waals surface area (Å²) in [7, 11) is 1.60. The van der Waals surface area contributed by atoms with E-state index in [4.69, 9.17) is 10.5 Å². The minimum absolute atomic E-state index is 0.0649. The molecule has 142 valence electrons. The van der Waals surface area contributed by atoms with Crippen molar-refractivity contribution in [1.29, 1.82) is 0 Å². The number of aromatic carboxylic acids is 1. The second-order valence-corrected chi connectivity index (χ2v) is 6.01. The first-order valence-electron chi connectivity index (χ1n) is 8.43. The van der Waals surface area contributed by atoms with Crippen molar-refractivity contribution in [3.8, 4) is 5.75 Å². The molecular formula is C20H19N5O3. The molecule has 0 aliphatic rings. The van der Waals surface area contributed by atoms with Gasteiger partial charge in [-0.15, -0.1) is 0 Å². The summed E-state index contributed by atoms with van der Waals surface area (Å²) in [6, 6.07) is 12.0. The van der Waals surface area contributed by atoms with Gasteiger partial charge in [0.25, 0.3) is 5.95 Å². The average Bonchev–Trinajstić information content (AvgIpc) is 2.67. The van der Waals surface area contributed by atoms with Crippen molar-refractivity contribution in [2.24, 2.45) is 15.7 Å². The molecule has 2 aromatic carbocycles. The Morgan fingerprint density at radius 3 is 2.54 bits per heavy atom. The number of hydrogen-bond donors (Lipinski definition) is 2. The minimum atomic E-state index is -1.04. The summed E-state index contributed by atoms with van der Waals surface area (Å²) in [6.45, 7) is 3.51. The van der Waals surface area contributed by atoms with Crippen molar-refractivity contribution in [3.05, 3.63) is 59.3 Å². The van der Waals surface area contributed by atoms with E-state index in [1.54, 1.807) is 38.3 Å². The molecule has 1 heterocycles. The Labute approximate surface area is 161 Å². The van der Waals surface area contributed by atoms with Gasteiger partial charge < -0.3 is 15.6 Å². The number of rotatable bonds is 4. The molecule has 0 aliphatic heterocycles. The number of carboxylic acid groups (broad SMARTS) is 1. The molecule has 0 atom stereocenters. The number of benzene rings is 2. The largest absolute Gasteiger partial charge is 0.497 e. The molecule has 0 bridgehead atoms. The first-order valence-corrected chi connectivity index (χ1v) is 8.43. The molecule has 3 rings (SSSR count). The second kappa shape index (κ2) is 7.83. The van der Waals surface area contributed by atoms with Gasteiger partial charge in [-0.1, -0.05) is 18.2 Å². The monoisotopic (exact) mass is 377 g/mol. The van der Waals surface area contributed by atoms with Crippen LogP contribution in [0.1, 0.15) is 28.5 Å². The number of hydrogen-bond acceptors (Lipinski definition) is 5. The lowest BCUT2D eigenvalue weighted by Crippen LogP contribution is -2.13. The maximum absolute atomic E-state index is 11.4. The Hall–Kier alpha value is -3.81. The highest BCUT2D eigenvalue weighted by Crippen LogP contribution is 2.23. The second-order valence-electron chi connectivity index (χ2n) is 6.01. The maximum atomic E-state index is 11.4. The number of aromatic nitrogens is 2. The van der Waals surface area contributed by atoms with Crippen LogP contribution in [0, 0.1) is 6.92 Å². The Kier molecular flexibility index (Phi) is 5.30. The van der Waals surface area contributed by atoms with Gasteiger partial charge in [-0.05, 0) is 38.1 Å². The first kappa shape index (κ1) is 19.0. The van der Waals surface area contributed by atoms with E-state index >= 15 is 0 Å². The highest BCUT2D eigenvalue weighted by molar-refractivity contribution is 6.11. The molecule has 28 heavy (non-hydrogen) atoms. The Morgan fingerprint density at radius 2 is 1.86 bits per heavy atom. The van der Waals surface area contributed by atoms with E-state index in [1.807, 2.05) is 19.1 Å². The number of carboxylic acids is 1. The minimum Gasteiger partial charge on any atom is -0.497 e. The van der Waals surface area contributed by atoms with Crippen LogP contribution in [0.2, 0.25) is 0 Å². The molecule has 0 spiro atoms. The molecule has 0 unspecified atom stereocenters. The summed E-state index contributed by atoms with van der Waals surface area (Å²) in [4.78, 5) is 28.5. The molecule has 0 amide bonds. The van der Waals surface area contributed by atoms with Crippen molar-refractivity contribution >= 4 is 34.5 Å². The zero-order valence-corrected chi connectivity index (χ0v) is 15.7. The lowest BCUT2D eigenvalue weighted by molar-refractivity contribution is 0.0696. The molecule has 8 nitrogen and oxygen atoms in total. The standard InChI is InChI=1S/C20H19N5O3/c1-11(14-6-4-5-7-15(14)18(26)27)22-19(21)25-20-23-12(2)16-10-13(28-3)8-9-17(16)24-20/h4-10H,1-3H3,(H,26,27)(H2,21,23,24,25). The van der Waals surface area contributed by atoms with Crippen LogP contribution in [0.5, 0.6) is 5.75 Å². The highest BCUT2D eigenvalue weighted by atomic mass is 16.5. The lowest BCUT2D eigenvalue weighted by Gasteiger charge is -2.06. The molecular weight excluding hydrogens is 358 g/mol. The van der Waals surface area contributed by atoms with E-state index in [1.165, 1.54) is 6.07 Å². The third kappa shape index (κ3) is 3.96. The quantitative estimate of drug-likeness (QED) is 0.532. The fourth-order valence-corrected chi connectivity index (χ4v) is 2.77. The van der Waals surface area contributed by atoms with Gasteiger partial charge in [0, 0.05) is 16.7 Å². The predicted octanol–water partition coefficient (Wildman–Crippen LogP) is 3.10. The zero-order valence-electron chi connectivity index (χ0n) is 15.7. The van der Waals surface area contributed by atoms with Gasteiger partial charge in [0.05, 0.1) is 23.9 Å². The topological polar surface area (TPSA) is 123 Å². The zero-order chi connectivity index (χ0) is 20.3. The third-order valence-corrected chi connectivity index (χ3v) is 4.13. The predicted molar refractivity (Wildman–Crippen MR) is 108 cm³/mol. The van der Waals surface area contributed by atoms with Gasteiger partial charge in [-0.2, -0.15) is 4.99 Å². The van der Waals surface area contributed by atoms with Gasteiger partial charge in [0.2, 0.25) is 5.96 Å². The fourth-order valence-electron chi connectivity index (χ4n) is 2.77. The maximum Gasteiger partial charge on any atom is 0.336 e. The summed E-state index contributed by atoms with van der Waals surface area (Å²) in [6.07, 6.45) is 0. The number of nitrogens with two attached hydrogens (primary N) is 1. The van der Waals surface area contributed by atoms with Crippen molar-refractivity contribution in [2.45, 2.75) is 13.8 Å². The number of aliphatic imine (C=N–C) groups is 2. The Balaban J connectivity index is 1.97. The number of ether oxygens (including phenoxy) is 1. The summed E-state index contributed by atoms with van der Waals surface area (Å²) in [5.74, 6) is -0.211. The van der Waals surface area contributed by atoms with E-state index < -0.39 is 5.97 Å². The van der Waals surface area contributed by atoms with Crippen molar-refractivity contribution < 1.29 is 14.6 Å². The summed E-state index contributed by atoms with van der Waals surface area (Å²) in [5.41, 5.74) is 8.40. The van der Waals surface area contributed by atoms with E-state index in [2.05, 4.69) is 20.0 Å². The number of aryl methyl sites for hydroxylation is 1. The average molecular weight is 377 g/mol. The van der Waals surface area contributed by atoms with Crippen LogP contribution in [0.15, 0.2) is 52.4 Å². The van der Waals surface area contributed by atoms with Crippen LogP contribution in [-0.4, -0.2) is 39.8 Å². The van der Waals surface area contributed by atoms with Crippen molar-refractivity contribution in [2.75, 3.05) is 7.11 Å². The summed E-state index contributed by atoms with van der Waals surface area (Å²) < 4.78 is 5.22. The van der Waals surface area contributed by atoms with Crippen LogP contribution in [0.3, 0.4) is 0 Å². The van der Waals surface area contributed by atoms with Crippen molar-refractivity contribution in [3.63, 3.8) is 0 Å². The Bertz CT molecular complexity index is 1120. The van der Waals surface area contributed by atoms with E-state index in [0.717, 1.165) is 11.1 Å². The van der Waals surface area contributed by atoms with Gasteiger partial charge in [0.1, 0.15) is 5.75 Å². The number of methoxy groups -OCH3 is 1. The van der Waals surface area contributed by atoms with Gasteiger partial charge in [-0.3, -0.25) is 0 Å². The third-order valence-electron chi connectivity index (χ3n) is 4.13. The molecule has 8 heteroatoms. The SMILES string of the molecule is COc1ccc2nc(N=C(N)N=C(C)c3ccccc3C(=O)O)nc(C)c2c1. The van der Waals surface area contributed by atoms with Gasteiger partial charge in [-0.25, -0.2) is 19.8 Å². The molecule has 0 saturated carbocycles. The van der Waals surface area contributed by atoms with E-state index in [-0.39, 0.29) is 17.5 Å². The van der Waals surface area contributed by atoms with Crippen LogP contribution in [-0.2, 0) is 0 Å².